The Kier molecular flexibility index (Phi) is 12.9. The van der Waals surface area contributed by atoms with Gasteiger partial charge in [-0.1, -0.05) is 93.3 Å². The molecule has 1 N–H and O–H groups in total. The van der Waals surface area contributed by atoms with E-state index < -0.39 is 32.0 Å². The molecule has 8 rings (SSSR count). The predicted molar refractivity (Wildman–Crippen MR) is 237 cm³/mol. The Morgan fingerprint density at radius 2 is 1.69 bits per heavy atom. The average Bonchev–Trinajstić information content (AvgIpc) is 3.84. The highest BCUT2D eigenvalue weighted by molar-refractivity contribution is 6.76. The molecule has 0 aliphatic carbocycles. The lowest BCUT2D eigenvalue weighted by atomic mass is 9.96. The Labute approximate surface area is 362 Å². The third-order valence-corrected chi connectivity index (χ3v) is 13.3. The van der Waals surface area contributed by atoms with Gasteiger partial charge in [0.2, 0.25) is 0 Å². The molecule has 2 aromatic heterocycles. The van der Waals surface area contributed by atoms with Gasteiger partial charge in [-0.3, -0.25) is 4.90 Å². The summed E-state index contributed by atoms with van der Waals surface area (Å²) < 4.78 is 43.9. The second-order valence-corrected chi connectivity index (χ2v) is 22.9. The number of aromatic nitrogens is 4. The number of carboxylic acid groups (broad SMARTS) is 1. The van der Waals surface area contributed by atoms with Crippen LogP contribution >= 0.6 is 0 Å². The number of carbonyl (C=O) groups excluding carboxylic acids is 1. The van der Waals surface area contributed by atoms with Gasteiger partial charge in [-0.15, -0.1) is 0 Å². The van der Waals surface area contributed by atoms with Crippen molar-refractivity contribution in [3.05, 3.63) is 125 Å². The highest BCUT2D eigenvalue weighted by atomic mass is 28.3. The van der Waals surface area contributed by atoms with E-state index in [1.54, 1.807) is 12.1 Å². The molecule has 6 aromatic rings. The van der Waals surface area contributed by atoms with E-state index in [2.05, 4.69) is 19.6 Å². The Morgan fingerprint density at radius 3 is 2.37 bits per heavy atom. The van der Waals surface area contributed by atoms with Crippen molar-refractivity contribution in [3.63, 3.8) is 0 Å². The molecule has 0 spiro atoms. The molecule has 12 nitrogen and oxygen atoms in total. The van der Waals surface area contributed by atoms with Crippen molar-refractivity contribution in [2.45, 2.75) is 103 Å². The zero-order valence-electron chi connectivity index (χ0n) is 35.8. The summed E-state index contributed by atoms with van der Waals surface area (Å²) in [5.41, 5.74) is 6.84. The van der Waals surface area contributed by atoms with Crippen molar-refractivity contribution < 1.29 is 38.0 Å². The van der Waals surface area contributed by atoms with E-state index in [0.29, 0.717) is 42.5 Å². The molecule has 324 valence electrons. The van der Waals surface area contributed by atoms with Crippen LogP contribution in [-0.4, -0.2) is 68.7 Å². The highest BCUT2D eigenvalue weighted by Crippen LogP contribution is 2.39. The van der Waals surface area contributed by atoms with Crippen LogP contribution in [0.15, 0.2) is 91.0 Å². The number of aryl methyl sites for hydroxylation is 1. The fourth-order valence-corrected chi connectivity index (χ4v) is 8.90. The molecular weight excluding hydrogens is 806 g/mol. The number of hydrogen-bond acceptors (Lipinski definition) is 8. The normalized spacial score (nSPS) is 16.6. The molecule has 4 aromatic carbocycles. The monoisotopic (exact) mass is 859 g/mol. The average molecular weight is 860 g/mol. The van der Waals surface area contributed by atoms with Crippen molar-refractivity contribution in [2.75, 3.05) is 13.2 Å². The quantitative estimate of drug-likeness (QED) is 0.0609. The van der Waals surface area contributed by atoms with Gasteiger partial charge in [0.1, 0.15) is 31.7 Å². The molecule has 2 atom stereocenters. The second kappa shape index (κ2) is 18.6. The SMILES string of the molecule is CCc1cc(OCc2ccccc2)c(F)cc1-c1ccc2c(-c3nc4c(n3COCC[Si](C)(C)C)CN(C(=O)O)[C@H](C(=O)OCc3ccccc3)C4)nn(C3CCCCO3)c2c1. The predicted octanol–water partition coefficient (Wildman–Crippen LogP) is 10.0. The number of fused-ring (bicyclic) bond motifs is 2. The number of esters is 1. The van der Waals surface area contributed by atoms with Gasteiger partial charge in [0, 0.05) is 33.1 Å². The summed E-state index contributed by atoms with van der Waals surface area (Å²) in [6.45, 7) is 10.3. The standard InChI is InChI=1S/C48H54FN5O7Si/c1-5-34-25-43(60-29-32-14-8-6-9-15-32)38(49)26-37(34)35-19-20-36-40(24-35)54(44-18-12-13-21-59-44)51-45(36)46-50-39-27-41(47(55)61-30-33-16-10-7-11-17-33)52(48(56)57)28-42(39)53(46)31-58-22-23-62(2,3)4/h6-11,14-17,19-20,24-26,41,44H,5,12-13,18,21-23,27-31H2,1-4H3,(H,56,57)/t41-,44?/m0/s1. The smallest absolute Gasteiger partial charge is 0.408 e. The van der Waals surface area contributed by atoms with Crippen LogP contribution in [0.4, 0.5) is 9.18 Å². The fraction of sp³-hybridized carbons (Fsp3) is 0.375. The Bertz CT molecular complexity index is 2530. The maximum Gasteiger partial charge on any atom is 0.408 e. The summed E-state index contributed by atoms with van der Waals surface area (Å²) in [4.78, 5) is 32.7. The van der Waals surface area contributed by atoms with Crippen molar-refractivity contribution in [1.29, 1.82) is 0 Å². The lowest BCUT2D eigenvalue weighted by Crippen LogP contribution is -2.49. The number of rotatable bonds is 15. The zero-order valence-corrected chi connectivity index (χ0v) is 36.8. The lowest BCUT2D eigenvalue weighted by molar-refractivity contribution is -0.151. The molecule has 0 bridgehead atoms. The topological polar surface area (TPSA) is 130 Å². The third kappa shape index (κ3) is 9.47. The Morgan fingerprint density at radius 1 is 0.952 bits per heavy atom. The maximum absolute atomic E-state index is 15.8. The van der Waals surface area contributed by atoms with Crippen LogP contribution in [0.2, 0.25) is 25.7 Å². The van der Waals surface area contributed by atoms with Crippen molar-refractivity contribution >= 4 is 31.0 Å². The maximum atomic E-state index is 15.8. The summed E-state index contributed by atoms with van der Waals surface area (Å²) >= 11 is 0. The van der Waals surface area contributed by atoms with Gasteiger partial charge in [0.15, 0.2) is 23.6 Å². The molecule has 62 heavy (non-hydrogen) atoms. The molecule has 0 saturated carbocycles. The van der Waals surface area contributed by atoms with E-state index in [4.69, 9.17) is 29.0 Å². The zero-order chi connectivity index (χ0) is 43.4. The number of ether oxygens (including phenoxy) is 4. The van der Waals surface area contributed by atoms with Gasteiger partial charge in [-0.2, -0.15) is 5.10 Å². The summed E-state index contributed by atoms with van der Waals surface area (Å²) in [6.07, 6.45) is 1.78. The largest absolute Gasteiger partial charge is 0.486 e. The molecule has 1 saturated heterocycles. The molecule has 2 aliphatic heterocycles. The van der Waals surface area contributed by atoms with E-state index in [1.165, 1.54) is 0 Å². The van der Waals surface area contributed by atoms with Crippen LogP contribution in [0.1, 0.15) is 60.5 Å². The van der Waals surface area contributed by atoms with Crippen LogP contribution in [0.25, 0.3) is 33.5 Å². The Hall–Kier alpha value is -5.83. The van der Waals surface area contributed by atoms with Gasteiger partial charge in [-0.25, -0.2) is 23.6 Å². The molecule has 1 fully saturated rings. The van der Waals surface area contributed by atoms with Crippen molar-refractivity contribution in [3.8, 4) is 28.4 Å². The van der Waals surface area contributed by atoms with Crippen LogP contribution in [0, 0.1) is 5.82 Å². The van der Waals surface area contributed by atoms with E-state index in [9.17, 15) is 14.7 Å². The molecular formula is C48H54FN5O7Si. The van der Waals surface area contributed by atoms with E-state index in [0.717, 1.165) is 68.9 Å². The molecule has 4 heterocycles. The van der Waals surface area contributed by atoms with Gasteiger partial charge in [-0.05, 0) is 83.8 Å². The van der Waals surface area contributed by atoms with Crippen LogP contribution < -0.4 is 4.74 Å². The van der Waals surface area contributed by atoms with E-state index in [-0.39, 0.29) is 44.9 Å². The first-order valence-corrected chi connectivity index (χ1v) is 25.2. The van der Waals surface area contributed by atoms with E-state index in [1.807, 2.05) is 95.0 Å². The van der Waals surface area contributed by atoms with Crippen molar-refractivity contribution in [2.24, 2.45) is 0 Å². The molecule has 1 amide bonds. The number of amides is 1. The number of hydrogen-bond donors (Lipinski definition) is 1. The van der Waals surface area contributed by atoms with Crippen LogP contribution in [0.3, 0.4) is 0 Å². The number of benzene rings is 4. The van der Waals surface area contributed by atoms with Crippen LogP contribution in [0.5, 0.6) is 5.75 Å². The molecule has 1 unspecified atom stereocenters. The van der Waals surface area contributed by atoms with Gasteiger partial charge >= 0.3 is 12.1 Å². The van der Waals surface area contributed by atoms with Gasteiger partial charge < -0.3 is 28.6 Å². The van der Waals surface area contributed by atoms with Gasteiger partial charge in [0.05, 0.1) is 23.4 Å². The number of halogens is 1. The minimum absolute atomic E-state index is 0.0222. The third-order valence-electron chi connectivity index (χ3n) is 11.6. The first-order valence-electron chi connectivity index (χ1n) is 21.5. The first kappa shape index (κ1) is 42.8. The number of carbonyl (C=O) groups is 2. The summed E-state index contributed by atoms with van der Waals surface area (Å²) in [7, 11) is -1.43. The molecule has 0 radical (unpaired) electrons. The molecule has 2 aliphatic rings. The fourth-order valence-electron chi connectivity index (χ4n) is 8.14. The highest BCUT2D eigenvalue weighted by Gasteiger charge is 2.40. The number of imidazole rings is 1. The minimum Gasteiger partial charge on any atom is -0.486 e. The summed E-state index contributed by atoms with van der Waals surface area (Å²) in [6, 6.07) is 28.2. The van der Waals surface area contributed by atoms with E-state index >= 15 is 4.39 Å². The second-order valence-electron chi connectivity index (χ2n) is 17.2. The minimum atomic E-state index is -1.43. The van der Waals surface area contributed by atoms with Crippen molar-refractivity contribution in [1.82, 2.24) is 24.2 Å². The Balaban J connectivity index is 1.19. The lowest BCUT2D eigenvalue weighted by Gasteiger charge is -2.32. The van der Waals surface area contributed by atoms with Crippen LogP contribution in [-0.2, 0) is 58.3 Å². The van der Waals surface area contributed by atoms with Gasteiger partial charge in [0.25, 0.3) is 0 Å². The molecule has 14 heteroatoms. The number of nitrogens with zero attached hydrogens (tertiary/aromatic N) is 5. The summed E-state index contributed by atoms with van der Waals surface area (Å²) in [5, 5.41) is 16.5. The first-order chi connectivity index (χ1) is 30.0. The summed E-state index contributed by atoms with van der Waals surface area (Å²) in [5.74, 6) is -0.383.